The first-order valence-electron chi connectivity index (χ1n) is 9.00. The van der Waals surface area contributed by atoms with Crippen LogP contribution in [0.4, 0.5) is 0 Å². The number of carbonyl (C=O) groups is 3. The van der Waals surface area contributed by atoms with E-state index in [9.17, 15) is 14.4 Å². The molecule has 26 heavy (non-hydrogen) atoms. The second-order valence-corrected chi connectivity index (χ2v) is 6.26. The highest BCUT2D eigenvalue weighted by Crippen LogP contribution is 2.17. The highest BCUT2D eigenvalue weighted by Gasteiger charge is 2.23. The molecule has 0 unspecified atom stereocenters. The smallest absolute Gasteiger partial charge is 0.326 e. The number of benzene rings is 1. The van der Waals surface area contributed by atoms with E-state index in [0.717, 1.165) is 25.7 Å². The van der Waals surface area contributed by atoms with E-state index in [1.807, 2.05) is 6.92 Å². The Morgan fingerprint density at radius 3 is 2.42 bits per heavy atom. The fraction of sp³-hybridized carbons (Fsp3) is 0.526. The molecule has 0 heterocycles. The van der Waals surface area contributed by atoms with Crippen LogP contribution in [0.1, 0.15) is 49.9 Å². The zero-order chi connectivity index (χ0) is 18.9. The molecule has 0 radical (unpaired) electrons. The van der Waals surface area contributed by atoms with Crippen molar-refractivity contribution in [1.29, 1.82) is 0 Å². The molecule has 0 aliphatic heterocycles. The third-order valence-corrected chi connectivity index (χ3v) is 4.20. The molecule has 1 fully saturated rings. The molecule has 2 rings (SSSR count). The molecule has 7 nitrogen and oxygen atoms in total. The molecule has 0 spiro atoms. The summed E-state index contributed by atoms with van der Waals surface area (Å²) in [6.45, 7) is 3.65. The summed E-state index contributed by atoms with van der Waals surface area (Å²) in [5.74, 6) is -0.680. The lowest BCUT2D eigenvalue weighted by Gasteiger charge is -2.17. The van der Waals surface area contributed by atoms with E-state index in [-0.39, 0.29) is 18.5 Å². The van der Waals surface area contributed by atoms with E-state index < -0.39 is 18.0 Å². The van der Waals surface area contributed by atoms with Crippen molar-refractivity contribution in [3.8, 4) is 5.75 Å². The Bertz CT molecular complexity index is 623. The van der Waals surface area contributed by atoms with Gasteiger partial charge in [0.25, 0.3) is 11.8 Å². The minimum absolute atomic E-state index is 0.169. The minimum Gasteiger partial charge on any atom is -0.494 e. The summed E-state index contributed by atoms with van der Waals surface area (Å²) in [6, 6.07) is 6.77. The molecule has 2 N–H and O–H groups in total. The van der Waals surface area contributed by atoms with Gasteiger partial charge in [-0.2, -0.15) is 0 Å². The van der Waals surface area contributed by atoms with Crippen molar-refractivity contribution in [2.75, 3.05) is 13.2 Å². The summed E-state index contributed by atoms with van der Waals surface area (Å²) in [6.07, 6.45) is 3.26. The van der Waals surface area contributed by atoms with E-state index in [1.165, 1.54) is 6.92 Å². The van der Waals surface area contributed by atoms with E-state index in [4.69, 9.17) is 9.47 Å². The summed E-state index contributed by atoms with van der Waals surface area (Å²) in [4.78, 5) is 35.9. The summed E-state index contributed by atoms with van der Waals surface area (Å²) in [5.41, 5.74) is 0.410. The van der Waals surface area contributed by atoms with Gasteiger partial charge in [0.1, 0.15) is 12.3 Å². The molecule has 2 amide bonds. The highest BCUT2D eigenvalue weighted by molar-refractivity contribution is 5.96. The van der Waals surface area contributed by atoms with E-state index in [0.29, 0.717) is 17.9 Å². The molecule has 1 saturated carbocycles. The lowest BCUT2D eigenvalue weighted by molar-refractivity contribution is -0.154. The average Bonchev–Trinajstić information content (AvgIpc) is 3.13. The van der Waals surface area contributed by atoms with Gasteiger partial charge in [-0.15, -0.1) is 0 Å². The Morgan fingerprint density at radius 1 is 1.15 bits per heavy atom. The molecule has 0 bridgehead atoms. The van der Waals surface area contributed by atoms with Crippen LogP contribution in [0.5, 0.6) is 5.75 Å². The van der Waals surface area contributed by atoms with Gasteiger partial charge in [-0.25, -0.2) is 0 Å². The Morgan fingerprint density at radius 2 is 1.81 bits per heavy atom. The maximum atomic E-state index is 12.0. The lowest BCUT2D eigenvalue weighted by atomic mass is 10.2. The molecule has 0 saturated heterocycles. The molecule has 1 atom stereocenters. The van der Waals surface area contributed by atoms with E-state index in [1.54, 1.807) is 24.3 Å². The van der Waals surface area contributed by atoms with E-state index >= 15 is 0 Å². The summed E-state index contributed by atoms with van der Waals surface area (Å²) in [7, 11) is 0. The molecule has 1 aromatic carbocycles. The second kappa shape index (κ2) is 9.79. The molecular weight excluding hydrogens is 336 g/mol. The van der Waals surface area contributed by atoms with Gasteiger partial charge in [-0.1, -0.05) is 12.8 Å². The van der Waals surface area contributed by atoms with Gasteiger partial charge >= 0.3 is 5.97 Å². The number of hydrogen-bond acceptors (Lipinski definition) is 5. The van der Waals surface area contributed by atoms with Gasteiger partial charge in [-0.3, -0.25) is 14.4 Å². The van der Waals surface area contributed by atoms with Crippen molar-refractivity contribution in [2.24, 2.45) is 0 Å². The van der Waals surface area contributed by atoms with Crippen molar-refractivity contribution < 1.29 is 23.9 Å². The van der Waals surface area contributed by atoms with Crippen LogP contribution in [0.3, 0.4) is 0 Å². The predicted octanol–water partition coefficient (Wildman–Crippen LogP) is 1.81. The van der Waals surface area contributed by atoms with Crippen LogP contribution in [-0.2, 0) is 14.3 Å². The maximum Gasteiger partial charge on any atom is 0.326 e. The number of amides is 2. The monoisotopic (exact) mass is 362 g/mol. The average molecular weight is 362 g/mol. The Kier molecular flexibility index (Phi) is 7.44. The van der Waals surface area contributed by atoms with Crippen LogP contribution in [0, 0.1) is 0 Å². The van der Waals surface area contributed by atoms with Gasteiger partial charge in [-0.05, 0) is 51.0 Å². The fourth-order valence-corrected chi connectivity index (χ4v) is 2.80. The number of nitrogens with one attached hydrogen (secondary N) is 2. The number of carbonyl (C=O) groups excluding carboxylic acids is 3. The van der Waals surface area contributed by atoms with E-state index in [2.05, 4.69) is 10.6 Å². The Hall–Kier alpha value is -2.57. The fourth-order valence-electron chi connectivity index (χ4n) is 2.80. The lowest BCUT2D eigenvalue weighted by Crippen LogP contribution is -2.42. The SMILES string of the molecule is CCOc1ccc(C(=O)NCC(=O)O[C@H](C)C(=O)NC2CCCC2)cc1. The third-order valence-electron chi connectivity index (χ3n) is 4.20. The van der Waals surface area contributed by atoms with Crippen molar-refractivity contribution in [3.63, 3.8) is 0 Å². The molecule has 7 heteroatoms. The highest BCUT2D eigenvalue weighted by atomic mass is 16.5. The second-order valence-electron chi connectivity index (χ2n) is 6.26. The van der Waals surface area contributed by atoms with Gasteiger partial charge in [0.05, 0.1) is 6.61 Å². The van der Waals surface area contributed by atoms with Gasteiger partial charge < -0.3 is 20.1 Å². The van der Waals surface area contributed by atoms with Crippen LogP contribution in [0.15, 0.2) is 24.3 Å². The summed E-state index contributed by atoms with van der Waals surface area (Å²) in [5, 5.41) is 5.36. The molecule has 142 valence electrons. The van der Waals surface area contributed by atoms with Crippen molar-refractivity contribution in [3.05, 3.63) is 29.8 Å². The molecule has 1 aromatic rings. The predicted molar refractivity (Wildman–Crippen MR) is 95.9 cm³/mol. The molecule has 1 aliphatic rings. The number of esters is 1. The first kappa shape index (κ1) is 19.8. The zero-order valence-electron chi connectivity index (χ0n) is 15.2. The first-order chi connectivity index (χ1) is 12.5. The zero-order valence-corrected chi connectivity index (χ0v) is 15.2. The Balaban J connectivity index is 1.72. The molecular formula is C19H26N2O5. The van der Waals surface area contributed by atoms with Crippen LogP contribution in [0.25, 0.3) is 0 Å². The van der Waals surface area contributed by atoms with Gasteiger partial charge in [0.15, 0.2) is 6.10 Å². The summed E-state index contributed by atoms with van der Waals surface area (Å²) >= 11 is 0. The van der Waals surface area contributed by atoms with Crippen molar-refractivity contribution >= 4 is 17.8 Å². The number of ether oxygens (including phenoxy) is 2. The molecule has 0 aromatic heterocycles. The van der Waals surface area contributed by atoms with Crippen molar-refractivity contribution in [1.82, 2.24) is 10.6 Å². The molecule has 1 aliphatic carbocycles. The van der Waals surface area contributed by atoms with Crippen LogP contribution in [-0.4, -0.2) is 43.1 Å². The first-order valence-corrected chi connectivity index (χ1v) is 9.00. The Labute approximate surface area is 153 Å². The minimum atomic E-state index is -0.884. The van der Waals surface area contributed by atoms with Crippen LogP contribution in [0.2, 0.25) is 0 Å². The number of hydrogen-bond donors (Lipinski definition) is 2. The standard InChI is InChI=1S/C19H26N2O5/c1-3-25-16-10-8-14(9-11-16)19(24)20-12-17(22)26-13(2)18(23)21-15-6-4-5-7-15/h8-11,13,15H,3-7,12H2,1-2H3,(H,20,24)(H,21,23)/t13-/m1/s1. The van der Waals surface area contributed by atoms with Gasteiger partial charge in [0.2, 0.25) is 0 Å². The largest absolute Gasteiger partial charge is 0.494 e. The van der Waals surface area contributed by atoms with Crippen LogP contribution < -0.4 is 15.4 Å². The maximum absolute atomic E-state index is 12.0. The normalized spacial score (nSPS) is 15.2. The van der Waals surface area contributed by atoms with Crippen LogP contribution >= 0.6 is 0 Å². The topological polar surface area (TPSA) is 93.7 Å². The van der Waals surface area contributed by atoms with Crippen molar-refractivity contribution in [2.45, 2.75) is 51.7 Å². The quantitative estimate of drug-likeness (QED) is 0.688. The summed E-state index contributed by atoms with van der Waals surface area (Å²) < 4.78 is 10.4. The van der Waals surface area contributed by atoms with Gasteiger partial charge in [0, 0.05) is 11.6 Å². The third kappa shape index (κ3) is 6.06. The number of rotatable bonds is 8.